The zero-order chi connectivity index (χ0) is 18.7. The van der Waals surface area contributed by atoms with Crippen molar-refractivity contribution in [2.45, 2.75) is 19.4 Å². The molecule has 3 rings (SSSR count). The van der Waals surface area contributed by atoms with Crippen molar-refractivity contribution in [3.05, 3.63) is 52.8 Å². The van der Waals surface area contributed by atoms with Crippen molar-refractivity contribution in [1.82, 2.24) is 20.0 Å². The van der Waals surface area contributed by atoms with E-state index >= 15 is 0 Å². The number of carbonyl (C=O) groups is 1. The van der Waals surface area contributed by atoms with Gasteiger partial charge in [-0.2, -0.15) is 10.2 Å². The second kappa shape index (κ2) is 7.22. The Bertz CT molecular complexity index is 958. The number of aromatic nitrogens is 4. The summed E-state index contributed by atoms with van der Waals surface area (Å²) in [5.74, 6) is -0.423. The Balaban J connectivity index is 2.20. The highest BCUT2D eigenvalue weighted by molar-refractivity contribution is 5.89. The number of aryl methyl sites for hydroxylation is 1. The summed E-state index contributed by atoms with van der Waals surface area (Å²) in [5, 5.41) is 23.5. The molecule has 1 aromatic carbocycles. The molecule has 3 N–H and O–H groups in total. The smallest absolute Gasteiger partial charge is 0.326 e. The zero-order valence-corrected chi connectivity index (χ0v) is 14.4. The largest absolute Gasteiger partial charge is 0.480 e. The summed E-state index contributed by atoms with van der Waals surface area (Å²) < 4.78 is 1.59. The summed E-state index contributed by atoms with van der Waals surface area (Å²) in [7, 11) is 1.73. The molecule has 0 radical (unpaired) electrons. The molecule has 8 heteroatoms. The van der Waals surface area contributed by atoms with Gasteiger partial charge in [-0.15, -0.1) is 0 Å². The molecule has 0 bridgehead atoms. The Morgan fingerprint density at radius 1 is 1.27 bits per heavy atom. The monoisotopic (exact) mass is 353 g/mol. The van der Waals surface area contributed by atoms with Crippen molar-refractivity contribution in [3.63, 3.8) is 0 Å². The van der Waals surface area contributed by atoms with Crippen LogP contribution >= 0.6 is 0 Å². The first-order chi connectivity index (χ1) is 12.5. The van der Waals surface area contributed by atoms with Crippen LogP contribution in [0.4, 0.5) is 5.82 Å². The highest BCUT2D eigenvalue weighted by atomic mass is 16.4. The first kappa shape index (κ1) is 17.4. The number of carboxylic acid groups (broad SMARTS) is 1. The molecule has 8 nitrogen and oxygen atoms in total. The summed E-state index contributed by atoms with van der Waals surface area (Å²) in [6.45, 7) is 1.79. The molecule has 0 aliphatic heterocycles. The fraction of sp³-hybridized carbons (Fsp3) is 0.222. The molecular formula is C18H19N5O3. The van der Waals surface area contributed by atoms with Gasteiger partial charge in [0.15, 0.2) is 0 Å². The van der Waals surface area contributed by atoms with Gasteiger partial charge in [-0.3, -0.25) is 9.48 Å². The van der Waals surface area contributed by atoms with Crippen LogP contribution in [0.2, 0.25) is 0 Å². The second-order valence-corrected chi connectivity index (χ2v) is 5.81. The van der Waals surface area contributed by atoms with E-state index in [4.69, 9.17) is 0 Å². The molecule has 0 saturated heterocycles. The van der Waals surface area contributed by atoms with Crippen LogP contribution in [0.3, 0.4) is 0 Å². The van der Waals surface area contributed by atoms with Gasteiger partial charge in [-0.1, -0.05) is 37.3 Å². The SMILES string of the molecule is CCC(Nc1c(-c2ccc(=O)[nH]n2)c(-c2ccccc2)nn1C)C(=O)O. The Hall–Kier alpha value is -3.42. The van der Waals surface area contributed by atoms with Crippen molar-refractivity contribution < 1.29 is 9.90 Å². The average Bonchev–Trinajstić information content (AvgIpc) is 2.97. The predicted molar refractivity (Wildman–Crippen MR) is 97.8 cm³/mol. The van der Waals surface area contributed by atoms with E-state index in [1.54, 1.807) is 24.7 Å². The number of hydrogen-bond donors (Lipinski definition) is 3. The number of anilines is 1. The van der Waals surface area contributed by atoms with Crippen LogP contribution in [-0.4, -0.2) is 37.1 Å². The fourth-order valence-electron chi connectivity index (χ4n) is 2.72. The topological polar surface area (TPSA) is 113 Å². The Morgan fingerprint density at radius 3 is 2.58 bits per heavy atom. The molecule has 0 spiro atoms. The number of hydrogen-bond acceptors (Lipinski definition) is 5. The molecule has 0 amide bonds. The lowest BCUT2D eigenvalue weighted by Gasteiger charge is -2.15. The number of nitrogens with zero attached hydrogens (tertiary/aromatic N) is 3. The van der Waals surface area contributed by atoms with Crippen LogP contribution in [0.15, 0.2) is 47.3 Å². The van der Waals surface area contributed by atoms with Gasteiger partial charge in [-0.25, -0.2) is 9.89 Å². The third kappa shape index (κ3) is 3.34. The van der Waals surface area contributed by atoms with Crippen LogP contribution in [0.25, 0.3) is 22.5 Å². The summed E-state index contributed by atoms with van der Waals surface area (Å²) in [4.78, 5) is 22.8. The van der Waals surface area contributed by atoms with Gasteiger partial charge in [0.05, 0.1) is 11.3 Å². The van der Waals surface area contributed by atoms with E-state index in [1.165, 1.54) is 6.07 Å². The second-order valence-electron chi connectivity index (χ2n) is 5.81. The molecule has 26 heavy (non-hydrogen) atoms. The molecule has 1 atom stereocenters. The van der Waals surface area contributed by atoms with Crippen molar-refractivity contribution in [1.29, 1.82) is 0 Å². The van der Waals surface area contributed by atoms with Crippen LogP contribution < -0.4 is 10.9 Å². The molecule has 0 aliphatic rings. The van der Waals surface area contributed by atoms with Gasteiger partial charge >= 0.3 is 5.97 Å². The van der Waals surface area contributed by atoms with Crippen LogP contribution in [0, 0.1) is 0 Å². The maximum atomic E-state index is 11.5. The normalized spacial score (nSPS) is 11.9. The van der Waals surface area contributed by atoms with E-state index < -0.39 is 12.0 Å². The first-order valence-corrected chi connectivity index (χ1v) is 8.19. The van der Waals surface area contributed by atoms with Gasteiger partial charge in [0.25, 0.3) is 5.56 Å². The number of aromatic amines is 1. The Kier molecular flexibility index (Phi) is 4.83. The summed E-state index contributed by atoms with van der Waals surface area (Å²) >= 11 is 0. The third-order valence-corrected chi connectivity index (χ3v) is 4.05. The molecule has 2 aromatic heterocycles. The van der Waals surface area contributed by atoms with Gasteiger partial charge in [0, 0.05) is 18.7 Å². The van der Waals surface area contributed by atoms with Gasteiger partial charge in [0.2, 0.25) is 0 Å². The van der Waals surface area contributed by atoms with E-state index in [2.05, 4.69) is 20.6 Å². The number of nitrogens with one attached hydrogen (secondary N) is 2. The average molecular weight is 353 g/mol. The quantitative estimate of drug-likeness (QED) is 0.625. The van der Waals surface area contributed by atoms with Crippen molar-refractivity contribution in [3.8, 4) is 22.5 Å². The zero-order valence-electron chi connectivity index (χ0n) is 14.4. The number of carboxylic acids is 1. The van der Waals surface area contributed by atoms with Crippen LogP contribution in [-0.2, 0) is 11.8 Å². The molecule has 1 unspecified atom stereocenters. The fourth-order valence-corrected chi connectivity index (χ4v) is 2.72. The third-order valence-electron chi connectivity index (χ3n) is 4.05. The molecule has 2 heterocycles. The maximum Gasteiger partial charge on any atom is 0.326 e. The molecular weight excluding hydrogens is 334 g/mol. The standard InChI is InChI=1S/C18H19N5O3/c1-3-12(18(25)26)19-17-15(13-9-10-14(24)21-20-13)16(22-23(17)2)11-7-5-4-6-8-11/h4-10,12,19H,3H2,1-2H3,(H,21,24)(H,25,26). The lowest BCUT2D eigenvalue weighted by atomic mass is 10.0. The highest BCUT2D eigenvalue weighted by Gasteiger charge is 2.24. The van der Waals surface area contributed by atoms with Crippen molar-refractivity contribution in [2.24, 2.45) is 7.05 Å². The minimum atomic E-state index is -0.949. The van der Waals surface area contributed by atoms with E-state index in [0.29, 0.717) is 29.2 Å². The van der Waals surface area contributed by atoms with E-state index in [1.807, 2.05) is 30.3 Å². The first-order valence-electron chi connectivity index (χ1n) is 8.19. The lowest BCUT2D eigenvalue weighted by Crippen LogP contribution is -2.29. The summed E-state index contributed by atoms with van der Waals surface area (Å²) in [5.41, 5.74) is 2.33. The molecule has 0 saturated carbocycles. The number of aliphatic carboxylic acids is 1. The molecule has 134 valence electrons. The maximum absolute atomic E-state index is 11.5. The Labute approximate surface area is 149 Å². The number of H-pyrrole nitrogens is 1. The number of rotatable bonds is 6. The van der Waals surface area contributed by atoms with Crippen LogP contribution in [0.5, 0.6) is 0 Å². The van der Waals surface area contributed by atoms with Gasteiger partial charge in [-0.05, 0) is 12.5 Å². The minimum Gasteiger partial charge on any atom is -0.480 e. The minimum absolute atomic E-state index is 0.314. The van der Waals surface area contributed by atoms with E-state index in [-0.39, 0.29) is 5.56 Å². The van der Waals surface area contributed by atoms with Crippen molar-refractivity contribution in [2.75, 3.05) is 5.32 Å². The van der Waals surface area contributed by atoms with E-state index in [0.717, 1.165) is 5.56 Å². The van der Waals surface area contributed by atoms with Gasteiger partial charge in [0.1, 0.15) is 17.6 Å². The molecule has 0 aliphatic carbocycles. The van der Waals surface area contributed by atoms with E-state index in [9.17, 15) is 14.7 Å². The van der Waals surface area contributed by atoms with Gasteiger partial charge < -0.3 is 10.4 Å². The summed E-state index contributed by atoms with van der Waals surface area (Å²) in [6, 6.07) is 11.7. The lowest BCUT2D eigenvalue weighted by molar-refractivity contribution is -0.137. The van der Waals surface area contributed by atoms with Crippen LogP contribution in [0.1, 0.15) is 13.3 Å². The Morgan fingerprint density at radius 2 is 2.00 bits per heavy atom. The number of benzene rings is 1. The van der Waals surface area contributed by atoms with Crippen molar-refractivity contribution >= 4 is 11.8 Å². The molecule has 3 aromatic rings. The highest BCUT2D eigenvalue weighted by Crippen LogP contribution is 2.36. The summed E-state index contributed by atoms with van der Waals surface area (Å²) in [6.07, 6.45) is 0.402. The predicted octanol–water partition coefficient (Wildman–Crippen LogP) is 2.11. The molecule has 0 fully saturated rings.